The minimum Gasteiger partial charge on any atom is -0.459 e. The van der Waals surface area contributed by atoms with Crippen LogP contribution in [0.2, 0.25) is 0 Å². The number of benzene rings is 1. The monoisotopic (exact) mass is 332 g/mol. The van der Waals surface area contributed by atoms with E-state index < -0.39 is 10.9 Å². The second-order valence-electron chi connectivity index (χ2n) is 5.39. The van der Waals surface area contributed by atoms with Gasteiger partial charge in [-0.15, -0.1) is 0 Å². The van der Waals surface area contributed by atoms with Crippen LogP contribution in [0.5, 0.6) is 0 Å². The van der Waals surface area contributed by atoms with Gasteiger partial charge in [-0.2, -0.15) is 5.10 Å². The largest absolute Gasteiger partial charge is 0.459 e. The fourth-order valence-corrected chi connectivity index (χ4v) is 2.51. The summed E-state index contributed by atoms with van der Waals surface area (Å²) >= 11 is 0. The maximum atomic E-state index is 12.1. The molecule has 0 saturated carbocycles. The van der Waals surface area contributed by atoms with Crippen molar-refractivity contribution in [2.45, 2.75) is 25.4 Å². The highest BCUT2D eigenvalue weighted by Gasteiger charge is 2.21. The molecule has 0 spiro atoms. The van der Waals surface area contributed by atoms with Crippen molar-refractivity contribution < 1.29 is 19.2 Å². The molecule has 126 valence electrons. The molecule has 1 unspecified atom stereocenters. The number of nitrogens with zero attached hydrogens (tertiary/aromatic N) is 4. The molecule has 1 fully saturated rings. The van der Waals surface area contributed by atoms with E-state index in [0.717, 1.165) is 19.3 Å². The minimum atomic E-state index is -0.614. The van der Waals surface area contributed by atoms with Crippen molar-refractivity contribution in [1.82, 2.24) is 14.8 Å². The Morgan fingerprint density at radius 3 is 3.00 bits per heavy atom. The van der Waals surface area contributed by atoms with E-state index in [4.69, 9.17) is 9.47 Å². The van der Waals surface area contributed by atoms with Gasteiger partial charge in [0.25, 0.3) is 5.69 Å². The average molecular weight is 332 g/mol. The van der Waals surface area contributed by atoms with Crippen molar-refractivity contribution in [3.8, 4) is 5.69 Å². The van der Waals surface area contributed by atoms with Crippen LogP contribution < -0.4 is 0 Å². The SMILES string of the molecule is O=C(OCC1CCCCO1)c1ccc(-n2cncn2)c([N+](=O)[O-])c1. The van der Waals surface area contributed by atoms with Gasteiger partial charge in [-0.25, -0.2) is 14.5 Å². The average Bonchev–Trinajstić information content (AvgIpc) is 3.14. The molecule has 3 rings (SSSR count). The molecule has 0 aliphatic carbocycles. The van der Waals surface area contributed by atoms with Crippen molar-refractivity contribution >= 4 is 11.7 Å². The van der Waals surface area contributed by atoms with Gasteiger partial charge in [0.05, 0.1) is 16.6 Å². The van der Waals surface area contributed by atoms with Crippen LogP contribution in [0.4, 0.5) is 5.69 Å². The summed E-state index contributed by atoms with van der Waals surface area (Å²) in [6, 6.07) is 4.09. The first-order chi connectivity index (χ1) is 11.6. The van der Waals surface area contributed by atoms with Crippen LogP contribution in [0, 0.1) is 10.1 Å². The third-order valence-corrected chi connectivity index (χ3v) is 3.75. The number of hydrogen-bond acceptors (Lipinski definition) is 7. The summed E-state index contributed by atoms with van der Waals surface area (Å²) in [5.74, 6) is -0.614. The Kier molecular flexibility index (Phi) is 4.80. The van der Waals surface area contributed by atoms with E-state index in [-0.39, 0.29) is 29.6 Å². The van der Waals surface area contributed by atoms with E-state index in [1.165, 1.54) is 35.5 Å². The molecule has 1 aromatic heterocycles. The lowest BCUT2D eigenvalue weighted by atomic mass is 10.1. The van der Waals surface area contributed by atoms with Crippen molar-refractivity contribution in [2.75, 3.05) is 13.2 Å². The van der Waals surface area contributed by atoms with Gasteiger partial charge in [-0.05, 0) is 31.4 Å². The predicted molar refractivity (Wildman–Crippen MR) is 81.9 cm³/mol. The summed E-state index contributed by atoms with van der Waals surface area (Å²) in [5.41, 5.74) is 0.0925. The van der Waals surface area contributed by atoms with Crippen LogP contribution in [0.15, 0.2) is 30.9 Å². The highest BCUT2D eigenvalue weighted by Crippen LogP contribution is 2.24. The Labute approximate surface area is 137 Å². The number of hydrogen-bond donors (Lipinski definition) is 0. The third kappa shape index (κ3) is 3.57. The van der Waals surface area contributed by atoms with E-state index in [9.17, 15) is 14.9 Å². The predicted octanol–water partition coefficient (Wildman–Crippen LogP) is 1.90. The first kappa shape index (κ1) is 16.1. The smallest absolute Gasteiger partial charge is 0.338 e. The maximum absolute atomic E-state index is 12.1. The van der Waals surface area contributed by atoms with E-state index in [1.807, 2.05) is 0 Å². The van der Waals surface area contributed by atoms with E-state index in [1.54, 1.807) is 0 Å². The molecular formula is C15H16N4O5. The zero-order chi connectivity index (χ0) is 16.9. The van der Waals surface area contributed by atoms with Gasteiger partial charge in [0.1, 0.15) is 24.9 Å². The Bertz CT molecular complexity index is 725. The lowest BCUT2D eigenvalue weighted by molar-refractivity contribution is -0.384. The van der Waals surface area contributed by atoms with Crippen molar-refractivity contribution in [3.05, 3.63) is 46.5 Å². The van der Waals surface area contributed by atoms with Crippen LogP contribution in [0.3, 0.4) is 0 Å². The molecule has 2 aromatic rings. The number of nitro benzene ring substituents is 1. The summed E-state index contributed by atoms with van der Waals surface area (Å²) in [5, 5.41) is 15.1. The fourth-order valence-electron chi connectivity index (χ4n) is 2.51. The number of rotatable bonds is 5. The molecule has 1 atom stereocenters. The van der Waals surface area contributed by atoms with Gasteiger partial charge < -0.3 is 9.47 Å². The van der Waals surface area contributed by atoms with Gasteiger partial charge in [-0.1, -0.05) is 0 Å². The second-order valence-corrected chi connectivity index (χ2v) is 5.39. The van der Waals surface area contributed by atoms with Crippen LogP contribution in [0.1, 0.15) is 29.6 Å². The Balaban J connectivity index is 1.74. The molecule has 24 heavy (non-hydrogen) atoms. The molecule has 0 amide bonds. The Morgan fingerprint density at radius 1 is 1.46 bits per heavy atom. The lowest BCUT2D eigenvalue weighted by Gasteiger charge is -2.22. The Hall–Kier alpha value is -2.81. The first-order valence-electron chi connectivity index (χ1n) is 7.57. The molecule has 9 heteroatoms. The van der Waals surface area contributed by atoms with Crippen LogP contribution >= 0.6 is 0 Å². The van der Waals surface area contributed by atoms with Crippen LogP contribution in [-0.4, -0.2) is 45.0 Å². The zero-order valence-electron chi connectivity index (χ0n) is 12.8. The number of aromatic nitrogens is 3. The van der Waals surface area contributed by atoms with E-state index >= 15 is 0 Å². The summed E-state index contributed by atoms with van der Waals surface area (Å²) in [6.45, 7) is 0.817. The van der Waals surface area contributed by atoms with Gasteiger partial charge in [0.15, 0.2) is 0 Å². The summed E-state index contributed by atoms with van der Waals surface area (Å²) in [4.78, 5) is 26.6. The first-order valence-corrected chi connectivity index (χ1v) is 7.57. The topological polar surface area (TPSA) is 109 Å². The fraction of sp³-hybridized carbons (Fsp3) is 0.400. The molecule has 0 radical (unpaired) electrons. The highest BCUT2D eigenvalue weighted by atomic mass is 16.6. The molecule has 0 N–H and O–H groups in total. The van der Waals surface area contributed by atoms with Gasteiger partial charge in [-0.3, -0.25) is 10.1 Å². The number of esters is 1. The summed E-state index contributed by atoms with van der Waals surface area (Å²) in [6.07, 6.45) is 5.42. The molecule has 1 aliphatic rings. The number of carbonyl (C=O) groups is 1. The molecular weight excluding hydrogens is 316 g/mol. The summed E-state index contributed by atoms with van der Waals surface area (Å²) < 4.78 is 12.0. The molecule has 1 aromatic carbocycles. The van der Waals surface area contributed by atoms with Crippen LogP contribution in [-0.2, 0) is 9.47 Å². The number of carbonyl (C=O) groups excluding carboxylic acids is 1. The molecule has 1 saturated heterocycles. The van der Waals surface area contributed by atoms with Crippen molar-refractivity contribution in [2.24, 2.45) is 0 Å². The van der Waals surface area contributed by atoms with Gasteiger partial charge in [0.2, 0.25) is 0 Å². The van der Waals surface area contributed by atoms with Crippen LogP contribution in [0.25, 0.3) is 5.69 Å². The molecule has 2 heterocycles. The quantitative estimate of drug-likeness (QED) is 0.467. The normalized spacial score (nSPS) is 17.4. The third-order valence-electron chi connectivity index (χ3n) is 3.75. The molecule has 0 bridgehead atoms. The standard InChI is InChI=1S/C15H16N4O5/c20-15(24-8-12-3-1-2-6-23-12)11-4-5-13(14(7-11)19(21)22)18-10-16-9-17-18/h4-5,7,9-10,12H,1-3,6,8H2. The number of ether oxygens (including phenoxy) is 2. The highest BCUT2D eigenvalue weighted by molar-refractivity contribution is 5.90. The maximum Gasteiger partial charge on any atom is 0.338 e. The Morgan fingerprint density at radius 2 is 2.33 bits per heavy atom. The minimum absolute atomic E-state index is 0.105. The molecule has 1 aliphatic heterocycles. The zero-order valence-corrected chi connectivity index (χ0v) is 12.8. The van der Waals surface area contributed by atoms with Crippen molar-refractivity contribution in [1.29, 1.82) is 0 Å². The molecule has 9 nitrogen and oxygen atoms in total. The van der Waals surface area contributed by atoms with Gasteiger partial charge in [0, 0.05) is 12.7 Å². The van der Waals surface area contributed by atoms with Crippen molar-refractivity contribution in [3.63, 3.8) is 0 Å². The lowest BCUT2D eigenvalue weighted by Crippen LogP contribution is -2.26. The summed E-state index contributed by atoms with van der Waals surface area (Å²) in [7, 11) is 0. The van der Waals surface area contributed by atoms with E-state index in [0.29, 0.717) is 6.61 Å². The second kappa shape index (κ2) is 7.18. The number of nitro groups is 1. The van der Waals surface area contributed by atoms with Gasteiger partial charge >= 0.3 is 5.97 Å². The van der Waals surface area contributed by atoms with E-state index in [2.05, 4.69) is 10.1 Å².